The Bertz CT molecular complexity index is 572. The first-order chi connectivity index (χ1) is 11.0. The molecular formula is C18H25N3O2. The standard InChI is InChI=1S/C18H25N3O2/c1-13(18(23)19-16-5-6-16)20-9-11-21(12-10-20)17-7-3-15(4-8-17)14(2)22/h3-4,7-8,13,16H,5-6,9-12H2,1-2H3,(H,19,23). The van der Waals surface area contributed by atoms with Crippen LogP contribution in [0.3, 0.4) is 0 Å². The van der Waals surface area contributed by atoms with Gasteiger partial charge in [-0.3, -0.25) is 14.5 Å². The third-order valence-corrected chi connectivity index (χ3v) is 4.80. The molecule has 1 unspecified atom stereocenters. The van der Waals surface area contributed by atoms with Crippen molar-refractivity contribution in [3.8, 4) is 0 Å². The number of amides is 1. The highest BCUT2D eigenvalue weighted by molar-refractivity contribution is 5.94. The van der Waals surface area contributed by atoms with Crippen molar-refractivity contribution in [3.05, 3.63) is 29.8 Å². The maximum absolute atomic E-state index is 12.1. The van der Waals surface area contributed by atoms with Crippen LogP contribution in [0.15, 0.2) is 24.3 Å². The predicted octanol–water partition coefficient (Wildman–Crippen LogP) is 1.68. The predicted molar refractivity (Wildman–Crippen MR) is 90.9 cm³/mol. The average molecular weight is 315 g/mol. The monoisotopic (exact) mass is 315 g/mol. The molecule has 1 aliphatic heterocycles. The number of hydrogen-bond donors (Lipinski definition) is 1. The van der Waals surface area contributed by atoms with Gasteiger partial charge in [-0.15, -0.1) is 0 Å². The lowest BCUT2D eigenvalue weighted by atomic mass is 10.1. The fourth-order valence-corrected chi connectivity index (χ4v) is 2.99. The number of piperazine rings is 1. The minimum Gasteiger partial charge on any atom is -0.369 e. The topological polar surface area (TPSA) is 52.7 Å². The molecule has 1 aromatic carbocycles. The molecule has 1 heterocycles. The fourth-order valence-electron chi connectivity index (χ4n) is 2.99. The lowest BCUT2D eigenvalue weighted by Gasteiger charge is -2.38. The molecule has 5 nitrogen and oxygen atoms in total. The third-order valence-electron chi connectivity index (χ3n) is 4.80. The molecule has 5 heteroatoms. The van der Waals surface area contributed by atoms with Gasteiger partial charge in [0, 0.05) is 43.5 Å². The maximum Gasteiger partial charge on any atom is 0.237 e. The van der Waals surface area contributed by atoms with Gasteiger partial charge in [0.1, 0.15) is 0 Å². The van der Waals surface area contributed by atoms with E-state index in [1.54, 1.807) is 6.92 Å². The van der Waals surface area contributed by atoms with Crippen molar-refractivity contribution in [2.24, 2.45) is 0 Å². The van der Waals surface area contributed by atoms with Crippen molar-refractivity contribution < 1.29 is 9.59 Å². The molecule has 2 aliphatic rings. The molecule has 0 spiro atoms. The van der Waals surface area contributed by atoms with Crippen LogP contribution < -0.4 is 10.2 Å². The molecule has 0 aromatic heterocycles. The SMILES string of the molecule is CC(=O)c1ccc(N2CCN(C(C)C(=O)NC3CC3)CC2)cc1. The Morgan fingerprint density at radius 3 is 2.22 bits per heavy atom. The molecule has 1 saturated carbocycles. The number of benzene rings is 1. The Morgan fingerprint density at radius 1 is 1.09 bits per heavy atom. The van der Waals surface area contributed by atoms with Crippen LogP contribution in [0.2, 0.25) is 0 Å². The third kappa shape index (κ3) is 3.91. The van der Waals surface area contributed by atoms with Gasteiger partial charge in [-0.1, -0.05) is 0 Å². The average Bonchev–Trinajstić information content (AvgIpc) is 3.38. The van der Waals surface area contributed by atoms with Gasteiger partial charge in [0.25, 0.3) is 0 Å². The number of Topliss-reactive ketones (excluding diaryl/α,β-unsaturated/α-hetero) is 1. The summed E-state index contributed by atoms with van der Waals surface area (Å²) < 4.78 is 0. The van der Waals surface area contributed by atoms with E-state index in [1.165, 1.54) is 0 Å². The van der Waals surface area contributed by atoms with Gasteiger partial charge in [0.05, 0.1) is 6.04 Å². The highest BCUT2D eigenvalue weighted by atomic mass is 16.2. The summed E-state index contributed by atoms with van der Waals surface area (Å²) in [4.78, 5) is 28.0. The summed E-state index contributed by atoms with van der Waals surface area (Å²) in [6.07, 6.45) is 2.25. The number of ketones is 1. The summed E-state index contributed by atoms with van der Waals surface area (Å²) in [5.74, 6) is 0.253. The Balaban J connectivity index is 1.53. The normalized spacial score (nSPS) is 20.2. The van der Waals surface area contributed by atoms with Crippen molar-refractivity contribution in [2.75, 3.05) is 31.1 Å². The van der Waals surface area contributed by atoms with Crippen LogP contribution in [-0.4, -0.2) is 54.9 Å². The van der Waals surface area contributed by atoms with Crippen LogP contribution in [0.4, 0.5) is 5.69 Å². The number of hydrogen-bond acceptors (Lipinski definition) is 4. The van der Waals surface area contributed by atoms with Gasteiger partial charge in [0.15, 0.2) is 5.78 Å². The maximum atomic E-state index is 12.1. The molecule has 1 aromatic rings. The largest absolute Gasteiger partial charge is 0.369 e. The van der Waals surface area contributed by atoms with Crippen LogP contribution in [0, 0.1) is 0 Å². The molecule has 124 valence electrons. The Morgan fingerprint density at radius 2 is 1.70 bits per heavy atom. The quantitative estimate of drug-likeness (QED) is 0.840. The second-order valence-corrected chi connectivity index (χ2v) is 6.58. The number of nitrogens with zero attached hydrogens (tertiary/aromatic N) is 2. The molecule has 3 rings (SSSR count). The first kappa shape index (κ1) is 16.0. The Hall–Kier alpha value is -1.88. The van der Waals surface area contributed by atoms with E-state index in [2.05, 4.69) is 15.1 Å². The number of carbonyl (C=O) groups is 2. The number of rotatable bonds is 5. The van der Waals surface area contributed by atoms with Gasteiger partial charge < -0.3 is 10.2 Å². The molecular weight excluding hydrogens is 290 g/mol. The number of nitrogens with one attached hydrogen (secondary N) is 1. The number of carbonyl (C=O) groups excluding carboxylic acids is 2. The molecule has 1 aliphatic carbocycles. The molecule has 2 fully saturated rings. The zero-order valence-corrected chi connectivity index (χ0v) is 13.9. The van der Waals surface area contributed by atoms with Crippen LogP contribution >= 0.6 is 0 Å². The summed E-state index contributed by atoms with van der Waals surface area (Å²) in [6.45, 7) is 7.15. The van der Waals surface area contributed by atoms with E-state index in [4.69, 9.17) is 0 Å². The van der Waals surface area contributed by atoms with Crippen LogP contribution in [0.1, 0.15) is 37.0 Å². The first-order valence-electron chi connectivity index (χ1n) is 8.45. The molecule has 1 saturated heterocycles. The zero-order chi connectivity index (χ0) is 16.4. The van der Waals surface area contributed by atoms with Crippen molar-refractivity contribution in [1.29, 1.82) is 0 Å². The van der Waals surface area contributed by atoms with Gasteiger partial charge in [-0.2, -0.15) is 0 Å². The lowest BCUT2D eigenvalue weighted by Crippen LogP contribution is -2.54. The van der Waals surface area contributed by atoms with Gasteiger partial charge in [-0.05, 0) is 51.0 Å². The smallest absolute Gasteiger partial charge is 0.237 e. The highest BCUT2D eigenvalue weighted by Crippen LogP contribution is 2.20. The Labute approximate surface area is 137 Å². The number of anilines is 1. The summed E-state index contributed by atoms with van der Waals surface area (Å²) in [5, 5.41) is 3.08. The molecule has 0 radical (unpaired) electrons. The highest BCUT2D eigenvalue weighted by Gasteiger charge is 2.29. The minimum atomic E-state index is -0.0576. The van der Waals surface area contributed by atoms with Crippen molar-refractivity contribution in [3.63, 3.8) is 0 Å². The summed E-state index contributed by atoms with van der Waals surface area (Å²) >= 11 is 0. The molecule has 1 atom stereocenters. The summed E-state index contributed by atoms with van der Waals surface area (Å²) in [7, 11) is 0. The van der Waals surface area contributed by atoms with E-state index >= 15 is 0 Å². The van der Waals surface area contributed by atoms with Gasteiger partial charge in [-0.25, -0.2) is 0 Å². The van der Waals surface area contributed by atoms with Crippen LogP contribution in [0.25, 0.3) is 0 Å². The Kier molecular flexibility index (Phi) is 4.66. The van der Waals surface area contributed by atoms with E-state index in [0.717, 1.165) is 50.3 Å². The van der Waals surface area contributed by atoms with E-state index in [0.29, 0.717) is 6.04 Å². The molecule has 0 bridgehead atoms. The second-order valence-electron chi connectivity index (χ2n) is 6.58. The van der Waals surface area contributed by atoms with E-state index < -0.39 is 0 Å². The van der Waals surface area contributed by atoms with Crippen molar-refractivity contribution >= 4 is 17.4 Å². The summed E-state index contributed by atoms with van der Waals surface area (Å²) in [5.41, 5.74) is 1.89. The van der Waals surface area contributed by atoms with Gasteiger partial charge in [0.2, 0.25) is 5.91 Å². The second kappa shape index (κ2) is 6.71. The fraction of sp³-hybridized carbons (Fsp3) is 0.556. The lowest BCUT2D eigenvalue weighted by molar-refractivity contribution is -0.126. The van der Waals surface area contributed by atoms with Crippen molar-refractivity contribution in [1.82, 2.24) is 10.2 Å². The summed E-state index contributed by atoms with van der Waals surface area (Å²) in [6, 6.07) is 8.15. The molecule has 1 amide bonds. The minimum absolute atomic E-state index is 0.0576. The zero-order valence-electron chi connectivity index (χ0n) is 13.9. The molecule has 23 heavy (non-hydrogen) atoms. The van der Waals surface area contributed by atoms with Crippen LogP contribution in [0.5, 0.6) is 0 Å². The van der Waals surface area contributed by atoms with Gasteiger partial charge >= 0.3 is 0 Å². The molecule has 1 N–H and O–H groups in total. The van der Waals surface area contributed by atoms with E-state index in [1.807, 2.05) is 31.2 Å². The van der Waals surface area contributed by atoms with E-state index in [-0.39, 0.29) is 17.7 Å². The van der Waals surface area contributed by atoms with E-state index in [9.17, 15) is 9.59 Å². The van der Waals surface area contributed by atoms with Crippen molar-refractivity contribution in [2.45, 2.75) is 38.8 Å². The van der Waals surface area contributed by atoms with Crippen LogP contribution in [-0.2, 0) is 4.79 Å². The first-order valence-corrected chi connectivity index (χ1v) is 8.45.